The lowest BCUT2D eigenvalue weighted by atomic mass is 9.94. The molecule has 0 bridgehead atoms. The summed E-state index contributed by atoms with van der Waals surface area (Å²) in [7, 11) is 5.96. The van der Waals surface area contributed by atoms with Crippen LogP contribution in [-0.2, 0) is 0 Å². The van der Waals surface area contributed by atoms with E-state index < -0.39 is 4.92 Å². The molecular formula is C28H40BBrN4O2. The minimum absolute atomic E-state index is 0.0847. The highest BCUT2D eigenvalue weighted by atomic mass is 79.9. The first-order chi connectivity index (χ1) is 17.5. The Balaban J connectivity index is 2.01. The molecule has 2 radical (unpaired) electrons. The second-order valence-electron chi connectivity index (χ2n) is 9.36. The minimum Gasteiger partial charge on any atom is -0.372 e. The molecule has 0 fully saturated rings. The maximum Gasteiger partial charge on any atom is 0.270 e. The number of nitrogens with zero attached hydrogens (tertiary/aromatic N) is 4. The standard InChI is InChI=1S/C28H40BBrN4O2/c1-3-5-7-9-11-13-19-33(20-14-12-10-8-6-4-2)24-17-15-23(16-18-24)31-32-28-26(29)21-25(34(35)36)22-27(28)30/h15-18,21-22H,3-14,19-20H2,1-2H3. The summed E-state index contributed by atoms with van der Waals surface area (Å²) < 4.78 is 0.443. The lowest BCUT2D eigenvalue weighted by Crippen LogP contribution is -2.25. The van der Waals surface area contributed by atoms with Crippen LogP contribution in [0.4, 0.5) is 22.7 Å². The number of unbranched alkanes of at least 4 members (excludes halogenated alkanes) is 10. The number of non-ortho nitro benzene ring substituents is 1. The quantitative estimate of drug-likeness (QED) is 0.0606. The van der Waals surface area contributed by atoms with Gasteiger partial charge in [-0.25, -0.2) is 0 Å². The Hall–Kier alpha value is -2.22. The molecule has 0 N–H and O–H groups in total. The van der Waals surface area contributed by atoms with Crippen LogP contribution in [0.1, 0.15) is 90.9 Å². The van der Waals surface area contributed by atoms with Crippen LogP contribution in [-0.4, -0.2) is 25.9 Å². The highest BCUT2D eigenvalue weighted by Crippen LogP contribution is 2.29. The van der Waals surface area contributed by atoms with Crippen molar-refractivity contribution in [3.63, 3.8) is 0 Å². The second-order valence-corrected chi connectivity index (χ2v) is 10.2. The number of hydrogen-bond donors (Lipinski definition) is 0. The fourth-order valence-corrected chi connectivity index (χ4v) is 4.73. The van der Waals surface area contributed by atoms with Crippen LogP contribution in [0.5, 0.6) is 0 Å². The zero-order valence-electron chi connectivity index (χ0n) is 21.9. The first kappa shape index (κ1) is 30.0. The van der Waals surface area contributed by atoms with E-state index >= 15 is 0 Å². The maximum absolute atomic E-state index is 11.0. The largest absolute Gasteiger partial charge is 0.372 e. The topological polar surface area (TPSA) is 71.1 Å². The van der Waals surface area contributed by atoms with Crippen molar-refractivity contribution in [3.8, 4) is 0 Å². The van der Waals surface area contributed by atoms with Crippen LogP contribution in [0.15, 0.2) is 51.1 Å². The molecule has 0 spiro atoms. The molecule has 194 valence electrons. The van der Waals surface area contributed by atoms with E-state index in [0.29, 0.717) is 15.8 Å². The highest BCUT2D eigenvalue weighted by Gasteiger charge is 2.12. The molecule has 36 heavy (non-hydrogen) atoms. The Bertz CT molecular complexity index is 914. The van der Waals surface area contributed by atoms with E-state index in [9.17, 15) is 10.1 Å². The smallest absolute Gasteiger partial charge is 0.270 e. The third-order valence-corrected chi connectivity index (χ3v) is 6.94. The van der Waals surface area contributed by atoms with Crippen LogP contribution in [0, 0.1) is 10.1 Å². The molecule has 0 amide bonds. The zero-order chi connectivity index (χ0) is 26.2. The average Bonchev–Trinajstić information content (AvgIpc) is 2.86. The second kappa shape index (κ2) is 17.3. The van der Waals surface area contributed by atoms with Crippen LogP contribution in [0.3, 0.4) is 0 Å². The number of anilines is 1. The number of nitro benzene ring substituents is 1. The number of halogens is 1. The Kier molecular flexibility index (Phi) is 14.4. The van der Waals surface area contributed by atoms with Gasteiger partial charge in [0.25, 0.3) is 5.69 Å². The normalized spacial score (nSPS) is 11.3. The molecular weight excluding hydrogens is 515 g/mol. The lowest BCUT2D eigenvalue weighted by molar-refractivity contribution is -0.384. The number of nitro groups is 1. The number of benzene rings is 2. The predicted molar refractivity (Wildman–Crippen MR) is 156 cm³/mol. The summed E-state index contributed by atoms with van der Waals surface area (Å²) in [5.41, 5.74) is 2.44. The molecule has 0 unspecified atom stereocenters. The number of hydrogen-bond acceptors (Lipinski definition) is 5. The van der Waals surface area contributed by atoms with E-state index in [-0.39, 0.29) is 11.2 Å². The van der Waals surface area contributed by atoms with Crippen molar-refractivity contribution in [1.82, 2.24) is 0 Å². The van der Waals surface area contributed by atoms with Crippen LogP contribution in [0.2, 0.25) is 0 Å². The number of rotatable bonds is 18. The zero-order valence-corrected chi connectivity index (χ0v) is 23.5. The van der Waals surface area contributed by atoms with Gasteiger partial charge in [0.15, 0.2) is 0 Å². The Morgan fingerprint density at radius 3 is 1.86 bits per heavy atom. The molecule has 0 aliphatic carbocycles. The molecule has 0 heterocycles. The average molecular weight is 555 g/mol. The Labute approximate surface area is 226 Å². The maximum atomic E-state index is 11.0. The summed E-state index contributed by atoms with van der Waals surface area (Å²) in [6.45, 7) is 6.67. The Morgan fingerprint density at radius 1 is 0.833 bits per heavy atom. The predicted octanol–water partition coefficient (Wildman–Crippen LogP) is 9.09. The summed E-state index contributed by atoms with van der Waals surface area (Å²) >= 11 is 3.31. The van der Waals surface area contributed by atoms with Crippen molar-refractivity contribution >= 4 is 52.0 Å². The van der Waals surface area contributed by atoms with Gasteiger partial charge in [-0.05, 0) is 53.0 Å². The SMILES string of the molecule is [B]c1cc([N+](=O)[O-])cc(Br)c1N=Nc1ccc(N(CCCCCCCC)CCCCCCCC)cc1. The molecule has 0 aromatic heterocycles. The summed E-state index contributed by atoms with van der Waals surface area (Å²) in [5.74, 6) is 0. The fraction of sp³-hybridized carbons (Fsp3) is 0.571. The van der Waals surface area contributed by atoms with Crippen molar-refractivity contribution in [3.05, 3.63) is 51.0 Å². The van der Waals surface area contributed by atoms with Gasteiger partial charge in [-0.3, -0.25) is 10.1 Å². The molecule has 0 aliphatic heterocycles. The highest BCUT2D eigenvalue weighted by molar-refractivity contribution is 9.10. The number of azo groups is 1. The van der Waals surface area contributed by atoms with Gasteiger partial charge in [0.05, 0.1) is 20.8 Å². The summed E-state index contributed by atoms with van der Waals surface area (Å²) in [6.07, 6.45) is 15.5. The molecule has 6 nitrogen and oxygen atoms in total. The molecule has 2 aromatic rings. The van der Waals surface area contributed by atoms with E-state index in [0.717, 1.165) is 13.1 Å². The van der Waals surface area contributed by atoms with Crippen molar-refractivity contribution in [2.24, 2.45) is 10.2 Å². The van der Waals surface area contributed by atoms with Gasteiger partial charge in [0.1, 0.15) is 7.85 Å². The van der Waals surface area contributed by atoms with E-state index in [4.69, 9.17) is 7.85 Å². The van der Waals surface area contributed by atoms with Gasteiger partial charge >= 0.3 is 0 Å². The van der Waals surface area contributed by atoms with E-state index in [1.807, 2.05) is 12.1 Å². The van der Waals surface area contributed by atoms with E-state index in [1.165, 1.54) is 94.9 Å². The molecule has 0 saturated carbocycles. The summed E-state index contributed by atoms with van der Waals surface area (Å²) in [6, 6.07) is 10.8. The van der Waals surface area contributed by atoms with Crippen LogP contribution >= 0.6 is 15.9 Å². The monoisotopic (exact) mass is 554 g/mol. The molecule has 0 aliphatic rings. The van der Waals surface area contributed by atoms with Gasteiger partial charge in [-0.2, -0.15) is 5.11 Å². The van der Waals surface area contributed by atoms with Crippen molar-refractivity contribution in [1.29, 1.82) is 0 Å². The van der Waals surface area contributed by atoms with Gasteiger partial charge in [0.2, 0.25) is 0 Å². The molecule has 2 aromatic carbocycles. The fourth-order valence-electron chi connectivity index (χ4n) is 4.19. The van der Waals surface area contributed by atoms with Gasteiger partial charge in [-0.15, -0.1) is 5.11 Å². The third kappa shape index (κ3) is 10.8. The van der Waals surface area contributed by atoms with Gasteiger partial charge in [-0.1, -0.05) is 83.5 Å². The van der Waals surface area contributed by atoms with Crippen LogP contribution in [0.25, 0.3) is 0 Å². The first-order valence-corrected chi connectivity index (χ1v) is 14.3. The van der Waals surface area contributed by atoms with Gasteiger partial charge < -0.3 is 4.90 Å². The summed E-state index contributed by atoms with van der Waals surface area (Å²) in [5, 5.41) is 19.5. The molecule has 0 atom stereocenters. The third-order valence-electron chi connectivity index (χ3n) is 6.33. The molecule has 2 rings (SSSR count). The van der Waals surface area contributed by atoms with E-state index in [1.54, 1.807) is 0 Å². The Morgan fingerprint density at radius 2 is 1.36 bits per heavy atom. The van der Waals surface area contributed by atoms with Crippen molar-refractivity contribution < 1.29 is 4.92 Å². The molecule has 0 saturated heterocycles. The van der Waals surface area contributed by atoms with Gasteiger partial charge in [0, 0.05) is 30.9 Å². The molecule has 8 heteroatoms. The lowest BCUT2D eigenvalue weighted by Gasteiger charge is -2.25. The first-order valence-electron chi connectivity index (χ1n) is 13.5. The van der Waals surface area contributed by atoms with Crippen LogP contribution < -0.4 is 10.4 Å². The van der Waals surface area contributed by atoms with E-state index in [2.05, 4.69) is 57.0 Å². The van der Waals surface area contributed by atoms with Crippen molar-refractivity contribution in [2.75, 3.05) is 18.0 Å². The van der Waals surface area contributed by atoms with Crippen molar-refractivity contribution in [2.45, 2.75) is 90.9 Å². The minimum atomic E-state index is -0.483. The summed E-state index contributed by atoms with van der Waals surface area (Å²) in [4.78, 5) is 13.0.